The maximum Gasteiger partial charge on any atom is 0.262 e. The van der Waals surface area contributed by atoms with Gasteiger partial charge in [-0.25, -0.2) is 13.4 Å². The van der Waals surface area contributed by atoms with Crippen LogP contribution in [0.25, 0.3) is 10.1 Å². The number of carbonyl (C=O) groups is 3. The zero-order valence-electron chi connectivity index (χ0n) is 20.8. The first-order valence-corrected chi connectivity index (χ1v) is 15.5. The van der Waals surface area contributed by atoms with Crippen molar-refractivity contribution in [2.75, 3.05) is 13.1 Å². The molecule has 1 unspecified atom stereocenters. The quantitative estimate of drug-likeness (QED) is 0.329. The maximum atomic E-state index is 13.4. The smallest absolute Gasteiger partial charge is 0.262 e. The van der Waals surface area contributed by atoms with Crippen molar-refractivity contribution >= 4 is 60.4 Å². The van der Waals surface area contributed by atoms with E-state index in [-0.39, 0.29) is 36.9 Å². The van der Waals surface area contributed by atoms with Crippen molar-refractivity contribution in [3.8, 4) is 0 Å². The Balaban J connectivity index is 1.29. The number of carbonyl (C=O) groups excluding carboxylic acids is 3. The predicted octanol–water partition coefficient (Wildman–Crippen LogP) is 3.24. The van der Waals surface area contributed by atoms with E-state index in [1.807, 2.05) is 41.8 Å². The second-order valence-corrected chi connectivity index (χ2v) is 13.1. The van der Waals surface area contributed by atoms with Gasteiger partial charge in [-0.3, -0.25) is 14.4 Å². The van der Waals surface area contributed by atoms with Gasteiger partial charge in [-0.2, -0.15) is 4.31 Å². The fourth-order valence-corrected chi connectivity index (χ4v) is 7.51. The van der Waals surface area contributed by atoms with Crippen LogP contribution in [0.5, 0.6) is 0 Å². The fourth-order valence-electron chi connectivity index (χ4n) is 4.42. The Kier molecular flexibility index (Phi) is 8.17. The number of aromatic nitrogens is 1. The summed E-state index contributed by atoms with van der Waals surface area (Å²) in [6.45, 7) is -0.230. The lowest BCUT2D eigenvalue weighted by molar-refractivity contribution is -0.128. The molecule has 1 fully saturated rings. The van der Waals surface area contributed by atoms with Crippen molar-refractivity contribution in [2.24, 2.45) is 0 Å². The average Bonchev–Trinajstić information content (AvgIpc) is 3.57. The van der Waals surface area contributed by atoms with Crippen LogP contribution in [0, 0.1) is 0 Å². The van der Waals surface area contributed by atoms with Crippen LogP contribution in [0.4, 0.5) is 0 Å². The van der Waals surface area contributed by atoms with Crippen molar-refractivity contribution in [2.45, 2.75) is 36.4 Å². The van der Waals surface area contributed by atoms with E-state index in [4.69, 9.17) is 0 Å². The molecule has 0 spiro atoms. The summed E-state index contributed by atoms with van der Waals surface area (Å²) in [5.74, 6) is -1.27. The minimum Gasteiger partial charge on any atom is -0.344 e. The summed E-state index contributed by atoms with van der Waals surface area (Å²) in [7, 11) is -3.94. The summed E-state index contributed by atoms with van der Waals surface area (Å²) in [4.78, 5) is 45.0. The summed E-state index contributed by atoms with van der Waals surface area (Å²) < 4.78 is 28.1. The van der Waals surface area contributed by atoms with Crippen LogP contribution in [-0.2, 0) is 26.0 Å². The number of rotatable bonds is 8. The maximum absolute atomic E-state index is 13.4. The first-order valence-electron chi connectivity index (χ1n) is 12.4. The van der Waals surface area contributed by atoms with Gasteiger partial charge in [0.15, 0.2) is 10.8 Å². The van der Waals surface area contributed by atoms with Crippen molar-refractivity contribution in [3.05, 3.63) is 82.0 Å². The van der Waals surface area contributed by atoms with Gasteiger partial charge in [0.2, 0.25) is 5.91 Å². The van der Waals surface area contributed by atoms with Crippen LogP contribution >= 0.6 is 22.7 Å². The molecule has 9 nitrogen and oxygen atoms in total. The molecule has 0 saturated carbocycles. The lowest BCUT2D eigenvalue weighted by Gasteiger charge is -2.22. The molecule has 4 heterocycles. The topological polar surface area (TPSA) is 126 Å². The molecule has 2 amide bonds. The minimum atomic E-state index is -3.94. The molecule has 12 heteroatoms. The average molecular weight is 583 g/mol. The number of nitrogens with zero attached hydrogens (tertiary/aromatic N) is 2. The van der Waals surface area contributed by atoms with E-state index in [1.54, 1.807) is 18.2 Å². The molecule has 202 valence electrons. The monoisotopic (exact) mass is 582 g/mol. The second kappa shape index (κ2) is 11.7. The first kappa shape index (κ1) is 27.1. The van der Waals surface area contributed by atoms with Crippen molar-refractivity contribution < 1.29 is 22.8 Å². The minimum absolute atomic E-state index is 0.125. The van der Waals surface area contributed by atoms with Gasteiger partial charge >= 0.3 is 0 Å². The van der Waals surface area contributed by atoms with Gasteiger partial charge in [-0.1, -0.05) is 30.3 Å². The van der Waals surface area contributed by atoms with Crippen LogP contribution < -0.4 is 10.6 Å². The third-order valence-electron chi connectivity index (χ3n) is 6.44. The molecule has 2 N–H and O–H groups in total. The van der Waals surface area contributed by atoms with Crippen molar-refractivity contribution in [1.29, 1.82) is 0 Å². The molecule has 1 aromatic carbocycles. The summed E-state index contributed by atoms with van der Waals surface area (Å²) in [6.07, 6.45) is 2.32. The molecule has 4 aromatic rings. The van der Waals surface area contributed by atoms with Gasteiger partial charge in [0, 0.05) is 28.7 Å². The van der Waals surface area contributed by atoms with Crippen LogP contribution in [-0.4, -0.2) is 60.5 Å². The zero-order chi connectivity index (χ0) is 27.4. The molecular formula is C27H26N4O5S3. The Hall–Kier alpha value is -3.45. The normalized spacial score (nSPS) is 17.4. The Morgan fingerprint density at radius 1 is 1.10 bits per heavy atom. The van der Waals surface area contributed by atoms with Crippen LogP contribution in [0.15, 0.2) is 77.3 Å². The number of hydrogen-bond acceptors (Lipinski definition) is 8. The lowest BCUT2D eigenvalue weighted by atomic mass is 10.1. The molecule has 0 bridgehead atoms. The molecule has 2 atom stereocenters. The number of amides is 2. The number of sulfonamides is 1. The first-order chi connectivity index (χ1) is 18.8. The van der Waals surface area contributed by atoms with E-state index < -0.39 is 33.8 Å². The molecule has 5 rings (SSSR count). The Morgan fingerprint density at radius 2 is 1.92 bits per heavy atom. The number of pyridine rings is 1. The van der Waals surface area contributed by atoms with Crippen LogP contribution in [0.1, 0.15) is 27.4 Å². The standard InChI is InChI=1S/C27H26N4O5S3/c32-22-17-31(39(35,36)25-11-3-4-12-28-25)13-5-9-20(22)29-26(33)21(16-19-8-6-14-37-19)30-27(34)24-15-18-7-1-2-10-23(18)38-24/h1-4,6-8,10-12,14-15,20-21H,5,9,13,16-17H2,(H,29,33)(H,30,34)/t20?,21-/m0/s1. The van der Waals surface area contributed by atoms with E-state index >= 15 is 0 Å². The van der Waals surface area contributed by atoms with Gasteiger partial charge in [0.1, 0.15) is 6.04 Å². The SMILES string of the molecule is O=C(N[C@@H](Cc1cccs1)C(=O)NC1CCCN(S(=O)(=O)c2ccccn2)CC1=O)c1cc2ccccc2s1. The highest BCUT2D eigenvalue weighted by Gasteiger charge is 2.35. The van der Waals surface area contributed by atoms with E-state index in [1.165, 1.54) is 34.9 Å². The lowest BCUT2D eigenvalue weighted by Crippen LogP contribution is -2.53. The largest absolute Gasteiger partial charge is 0.344 e. The number of nitrogens with one attached hydrogen (secondary N) is 2. The molecule has 0 aliphatic carbocycles. The second-order valence-electron chi connectivity index (χ2n) is 9.13. The van der Waals surface area contributed by atoms with Crippen LogP contribution in [0.2, 0.25) is 0 Å². The van der Waals surface area contributed by atoms with Gasteiger partial charge in [-0.15, -0.1) is 22.7 Å². The number of thiophene rings is 2. The van der Waals surface area contributed by atoms with E-state index in [0.29, 0.717) is 11.3 Å². The highest BCUT2D eigenvalue weighted by molar-refractivity contribution is 7.89. The molecule has 1 aliphatic heterocycles. The van der Waals surface area contributed by atoms with E-state index in [0.717, 1.165) is 19.3 Å². The third kappa shape index (κ3) is 6.25. The van der Waals surface area contributed by atoms with Gasteiger partial charge in [0.25, 0.3) is 15.9 Å². The Morgan fingerprint density at radius 3 is 2.67 bits per heavy atom. The number of Topliss-reactive ketones (excluding diaryl/α,β-unsaturated/α-hetero) is 1. The number of benzene rings is 1. The summed E-state index contributed by atoms with van der Waals surface area (Å²) in [5, 5.41) is 8.34. The molecule has 1 aliphatic rings. The molecule has 3 aromatic heterocycles. The molecule has 1 saturated heterocycles. The number of ketones is 1. The highest BCUT2D eigenvalue weighted by Crippen LogP contribution is 2.25. The van der Waals surface area contributed by atoms with E-state index in [9.17, 15) is 22.8 Å². The Labute approximate surface area is 233 Å². The summed E-state index contributed by atoms with van der Waals surface area (Å²) in [5.41, 5.74) is 0. The molecule has 0 radical (unpaired) electrons. The summed E-state index contributed by atoms with van der Waals surface area (Å²) >= 11 is 2.82. The number of fused-ring (bicyclic) bond motifs is 1. The van der Waals surface area contributed by atoms with Crippen molar-refractivity contribution in [3.63, 3.8) is 0 Å². The Bertz CT molecular complexity index is 1550. The third-order valence-corrected chi connectivity index (χ3v) is 10.2. The summed E-state index contributed by atoms with van der Waals surface area (Å²) in [6, 6.07) is 16.0. The molecule has 39 heavy (non-hydrogen) atoms. The van der Waals surface area contributed by atoms with Gasteiger partial charge in [-0.05, 0) is 53.9 Å². The predicted molar refractivity (Wildman–Crippen MR) is 150 cm³/mol. The van der Waals surface area contributed by atoms with Gasteiger partial charge < -0.3 is 10.6 Å². The zero-order valence-corrected chi connectivity index (χ0v) is 23.2. The molecular weight excluding hydrogens is 557 g/mol. The number of hydrogen-bond donors (Lipinski definition) is 2. The highest BCUT2D eigenvalue weighted by atomic mass is 32.2. The van der Waals surface area contributed by atoms with E-state index in [2.05, 4.69) is 15.6 Å². The van der Waals surface area contributed by atoms with Crippen molar-refractivity contribution in [1.82, 2.24) is 19.9 Å². The fraction of sp³-hybridized carbons (Fsp3) is 0.259. The van der Waals surface area contributed by atoms with Crippen LogP contribution in [0.3, 0.4) is 0 Å². The van der Waals surface area contributed by atoms with Gasteiger partial charge in [0.05, 0.1) is 17.5 Å².